The summed E-state index contributed by atoms with van der Waals surface area (Å²) in [7, 11) is 0. The van der Waals surface area contributed by atoms with Crippen LogP contribution in [0, 0.1) is 5.92 Å². The van der Waals surface area contributed by atoms with Crippen LogP contribution in [0.1, 0.15) is 87.9 Å². The molecule has 0 radical (unpaired) electrons. The van der Waals surface area contributed by atoms with Crippen LogP contribution in [0.25, 0.3) is 0 Å². The average Bonchev–Trinajstić information content (AvgIpc) is 3.07. The van der Waals surface area contributed by atoms with Gasteiger partial charge in [0, 0.05) is 23.1 Å². The van der Waals surface area contributed by atoms with Crippen molar-refractivity contribution in [1.82, 2.24) is 0 Å². The van der Waals surface area contributed by atoms with Crippen LogP contribution >= 0.6 is 23.2 Å². The molecule has 1 fully saturated rings. The Labute approximate surface area is 203 Å². The number of carbonyl (C=O) groups is 1. The Hall–Kier alpha value is -1.07. The SMILES string of the molecule is CCCCCC(O)c1ccc([C@@H]2[C@@H](C/C=C\CCCC(=O)OCCO)[C@H](Cl)C[C@H]2Cl)cc1. The molecule has 0 saturated heterocycles. The van der Waals surface area contributed by atoms with Gasteiger partial charge in [-0.1, -0.05) is 62.6 Å². The van der Waals surface area contributed by atoms with E-state index in [2.05, 4.69) is 31.2 Å². The van der Waals surface area contributed by atoms with Gasteiger partial charge in [-0.25, -0.2) is 0 Å². The molecule has 0 aromatic heterocycles. The maximum absolute atomic E-state index is 11.4. The summed E-state index contributed by atoms with van der Waals surface area (Å²) in [5, 5.41) is 19.1. The summed E-state index contributed by atoms with van der Waals surface area (Å²) in [6, 6.07) is 8.25. The molecular weight excluding hydrogens is 447 g/mol. The van der Waals surface area contributed by atoms with Gasteiger partial charge >= 0.3 is 5.97 Å². The molecule has 5 atom stereocenters. The van der Waals surface area contributed by atoms with E-state index >= 15 is 0 Å². The summed E-state index contributed by atoms with van der Waals surface area (Å²) in [5.74, 6) is 0.168. The highest BCUT2D eigenvalue weighted by atomic mass is 35.5. The molecule has 0 spiro atoms. The van der Waals surface area contributed by atoms with Crippen LogP contribution in [0.2, 0.25) is 0 Å². The molecule has 0 heterocycles. The minimum atomic E-state index is -0.411. The molecule has 1 aliphatic rings. The molecule has 4 nitrogen and oxygen atoms in total. The third-order valence-corrected chi connectivity index (χ3v) is 7.19. The van der Waals surface area contributed by atoms with Gasteiger partial charge in [0.2, 0.25) is 0 Å². The van der Waals surface area contributed by atoms with Gasteiger partial charge in [-0.2, -0.15) is 0 Å². The highest BCUT2D eigenvalue weighted by Crippen LogP contribution is 2.47. The number of hydrogen-bond acceptors (Lipinski definition) is 4. The average molecular weight is 485 g/mol. The number of unbranched alkanes of at least 4 members (excludes halogenated alkanes) is 3. The van der Waals surface area contributed by atoms with E-state index in [4.69, 9.17) is 33.0 Å². The second-order valence-electron chi connectivity index (χ2n) is 8.68. The van der Waals surface area contributed by atoms with Crippen molar-refractivity contribution in [2.24, 2.45) is 5.92 Å². The standard InChI is InChI=1S/C26H38Cl2O4/c1-2-3-6-10-24(30)19-12-14-20(15-13-19)26-21(22(27)18-23(26)28)9-7-4-5-8-11-25(31)32-17-16-29/h4,7,12-15,21-24,26,29-30H,2-3,5-6,8-11,16-18H2,1H3/b7-4-/t21-,22+,23+,24?,26+/m0/s1. The lowest BCUT2D eigenvalue weighted by atomic mass is 9.85. The number of benzene rings is 1. The number of aliphatic hydroxyl groups excluding tert-OH is 2. The molecule has 1 unspecified atom stereocenters. The van der Waals surface area contributed by atoms with Crippen molar-refractivity contribution in [2.75, 3.05) is 13.2 Å². The second kappa shape index (κ2) is 15.0. The molecular formula is C26H38Cl2O4. The van der Waals surface area contributed by atoms with Crippen LogP contribution in [0.5, 0.6) is 0 Å². The number of carbonyl (C=O) groups excluding carboxylic acids is 1. The van der Waals surface area contributed by atoms with E-state index in [-0.39, 0.29) is 41.8 Å². The van der Waals surface area contributed by atoms with Crippen molar-refractivity contribution in [1.29, 1.82) is 0 Å². The first-order valence-electron chi connectivity index (χ1n) is 11.9. The van der Waals surface area contributed by atoms with E-state index in [0.29, 0.717) is 6.42 Å². The van der Waals surface area contributed by atoms with Crippen molar-refractivity contribution in [3.63, 3.8) is 0 Å². The van der Waals surface area contributed by atoms with E-state index in [0.717, 1.165) is 56.9 Å². The van der Waals surface area contributed by atoms with E-state index in [1.54, 1.807) is 0 Å². The highest BCUT2D eigenvalue weighted by molar-refractivity contribution is 6.25. The largest absolute Gasteiger partial charge is 0.463 e. The summed E-state index contributed by atoms with van der Waals surface area (Å²) in [5.41, 5.74) is 2.15. The van der Waals surface area contributed by atoms with Gasteiger partial charge < -0.3 is 14.9 Å². The van der Waals surface area contributed by atoms with Gasteiger partial charge in [-0.05, 0) is 49.1 Å². The Bertz CT molecular complexity index is 692. The van der Waals surface area contributed by atoms with Crippen LogP contribution in [0.3, 0.4) is 0 Å². The van der Waals surface area contributed by atoms with Gasteiger partial charge in [0.1, 0.15) is 6.61 Å². The molecule has 0 bridgehead atoms. The Morgan fingerprint density at radius 3 is 2.59 bits per heavy atom. The number of esters is 1. The molecule has 1 saturated carbocycles. The lowest BCUT2D eigenvalue weighted by Crippen LogP contribution is -2.16. The first-order valence-corrected chi connectivity index (χ1v) is 12.8. The number of rotatable bonds is 14. The Morgan fingerprint density at radius 1 is 1.16 bits per heavy atom. The Balaban J connectivity index is 1.88. The lowest BCUT2D eigenvalue weighted by molar-refractivity contribution is -0.144. The molecule has 32 heavy (non-hydrogen) atoms. The minimum Gasteiger partial charge on any atom is -0.463 e. The molecule has 2 N–H and O–H groups in total. The first-order chi connectivity index (χ1) is 15.5. The van der Waals surface area contributed by atoms with Crippen molar-refractivity contribution >= 4 is 29.2 Å². The first kappa shape index (κ1) is 27.2. The smallest absolute Gasteiger partial charge is 0.305 e. The zero-order valence-corrected chi connectivity index (χ0v) is 20.6. The monoisotopic (exact) mass is 484 g/mol. The molecule has 0 aliphatic heterocycles. The van der Waals surface area contributed by atoms with Crippen molar-refractivity contribution in [2.45, 2.75) is 87.5 Å². The number of halogens is 2. The topological polar surface area (TPSA) is 66.8 Å². The van der Waals surface area contributed by atoms with Gasteiger partial charge in [-0.15, -0.1) is 23.2 Å². The fraction of sp³-hybridized carbons (Fsp3) is 0.654. The Morgan fingerprint density at radius 2 is 1.91 bits per heavy atom. The summed E-state index contributed by atoms with van der Waals surface area (Å²) >= 11 is 13.4. The van der Waals surface area contributed by atoms with E-state index in [1.807, 2.05) is 12.1 Å². The molecule has 0 amide bonds. The van der Waals surface area contributed by atoms with Gasteiger partial charge in [0.25, 0.3) is 0 Å². The fourth-order valence-electron chi connectivity index (χ4n) is 4.44. The molecule has 1 aliphatic carbocycles. The number of ether oxygens (including phenoxy) is 1. The molecule has 180 valence electrons. The summed E-state index contributed by atoms with van der Waals surface area (Å²) in [4.78, 5) is 11.4. The number of alkyl halides is 2. The van der Waals surface area contributed by atoms with Crippen LogP contribution < -0.4 is 0 Å². The Kier molecular flexibility index (Phi) is 12.7. The molecule has 2 rings (SSSR count). The maximum atomic E-state index is 11.4. The molecule has 1 aromatic rings. The third kappa shape index (κ3) is 8.70. The number of aliphatic hydroxyl groups is 2. The molecule has 1 aromatic carbocycles. The van der Waals surface area contributed by atoms with Crippen LogP contribution in [-0.2, 0) is 9.53 Å². The summed E-state index contributed by atoms with van der Waals surface area (Å²) < 4.78 is 4.85. The van der Waals surface area contributed by atoms with Crippen LogP contribution in [0.4, 0.5) is 0 Å². The van der Waals surface area contributed by atoms with Crippen LogP contribution in [-0.4, -0.2) is 40.2 Å². The van der Waals surface area contributed by atoms with E-state index < -0.39 is 6.10 Å². The van der Waals surface area contributed by atoms with Crippen molar-refractivity contribution in [3.8, 4) is 0 Å². The second-order valence-corrected chi connectivity index (χ2v) is 9.80. The fourth-order valence-corrected chi connectivity index (χ4v) is 5.51. The van der Waals surface area contributed by atoms with Crippen molar-refractivity contribution in [3.05, 3.63) is 47.5 Å². The number of hydrogen-bond donors (Lipinski definition) is 2. The van der Waals surface area contributed by atoms with E-state index in [9.17, 15) is 9.90 Å². The highest BCUT2D eigenvalue weighted by Gasteiger charge is 2.41. The zero-order chi connectivity index (χ0) is 23.3. The predicted octanol–water partition coefficient (Wildman–Crippen LogP) is 6.27. The van der Waals surface area contributed by atoms with Gasteiger partial charge in [0.05, 0.1) is 12.7 Å². The predicted molar refractivity (Wildman–Crippen MR) is 131 cm³/mol. The summed E-state index contributed by atoms with van der Waals surface area (Å²) in [6.07, 6.45) is 11.5. The minimum absolute atomic E-state index is 0.00229. The van der Waals surface area contributed by atoms with Crippen LogP contribution in [0.15, 0.2) is 36.4 Å². The quantitative estimate of drug-likeness (QED) is 0.141. The normalized spacial score (nSPS) is 24.2. The lowest BCUT2D eigenvalue weighted by Gasteiger charge is -2.23. The molecule has 6 heteroatoms. The third-order valence-electron chi connectivity index (χ3n) is 6.23. The van der Waals surface area contributed by atoms with Gasteiger partial charge in [0.15, 0.2) is 0 Å². The summed E-state index contributed by atoms with van der Waals surface area (Å²) in [6.45, 7) is 2.09. The van der Waals surface area contributed by atoms with Crippen molar-refractivity contribution < 1.29 is 19.7 Å². The van der Waals surface area contributed by atoms with Gasteiger partial charge in [-0.3, -0.25) is 4.79 Å². The number of allylic oxidation sites excluding steroid dienone is 2. The maximum Gasteiger partial charge on any atom is 0.305 e. The van der Waals surface area contributed by atoms with E-state index in [1.165, 1.54) is 5.56 Å². The zero-order valence-electron chi connectivity index (χ0n) is 19.1.